The summed E-state index contributed by atoms with van der Waals surface area (Å²) in [4.78, 5) is 45.6. The third-order valence-corrected chi connectivity index (χ3v) is 3.37. The van der Waals surface area contributed by atoms with Crippen molar-refractivity contribution in [3.05, 3.63) is 22.4 Å². The number of nitrogens with two attached hydrogens (primary N) is 1. The lowest BCUT2D eigenvalue weighted by Crippen LogP contribution is -2.51. The molecule has 0 fully saturated rings. The maximum atomic E-state index is 11.8. The fourth-order valence-electron chi connectivity index (χ4n) is 1.44. The van der Waals surface area contributed by atoms with Gasteiger partial charge < -0.3 is 21.5 Å². The first-order chi connectivity index (χ1) is 9.81. The van der Waals surface area contributed by atoms with Gasteiger partial charge in [0.25, 0.3) is 5.91 Å². The van der Waals surface area contributed by atoms with Crippen LogP contribution >= 0.6 is 11.3 Å². The summed E-state index contributed by atoms with van der Waals surface area (Å²) >= 11 is 1.21. The zero-order valence-electron chi connectivity index (χ0n) is 11.2. The standard InChI is InChI=1S/C12H15N3O5S/c1-6(14-11(18)8-3-2-4-21-8)10(17)15-7(12(19)20)5-9(13)16/h2-4,6-7H,5H2,1H3,(H2,13,16)(H,14,18)(H,15,17)(H,19,20). The van der Waals surface area contributed by atoms with Crippen molar-refractivity contribution < 1.29 is 24.3 Å². The van der Waals surface area contributed by atoms with Crippen LogP contribution in [0.5, 0.6) is 0 Å². The van der Waals surface area contributed by atoms with Gasteiger partial charge in [0.15, 0.2) is 0 Å². The summed E-state index contributed by atoms with van der Waals surface area (Å²) in [5.74, 6) is -3.38. The Kier molecular flexibility index (Phi) is 5.85. The Labute approximate surface area is 124 Å². The third kappa shape index (κ3) is 5.22. The molecule has 0 spiro atoms. The van der Waals surface area contributed by atoms with Crippen molar-refractivity contribution in [3.8, 4) is 0 Å². The summed E-state index contributed by atoms with van der Waals surface area (Å²) in [7, 11) is 0. The maximum Gasteiger partial charge on any atom is 0.326 e. The zero-order valence-corrected chi connectivity index (χ0v) is 12.0. The molecule has 21 heavy (non-hydrogen) atoms. The van der Waals surface area contributed by atoms with E-state index in [2.05, 4.69) is 10.6 Å². The van der Waals surface area contributed by atoms with Gasteiger partial charge in [-0.1, -0.05) is 6.07 Å². The predicted octanol–water partition coefficient (Wildman–Crippen LogP) is -0.689. The lowest BCUT2D eigenvalue weighted by molar-refractivity contribution is -0.143. The summed E-state index contributed by atoms with van der Waals surface area (Å²) in [6, 6.07) is 0.917. The van der Waals surface area contributed by atoms with Crippen LogP contribution in [0.3, 0.4) is 0 Å². The number of carbonyl (C=O) groups is 4. The second kappa shape index (κ2) is 7.39. The van der Waals surface area contributed by atoms with Crippen LogP contribution in [-0.2, 0) is 14.4 Å². The first-order valence-electron chi connectivity index (χ1n) is 5.97. The number of rotatable bonds is 7. The molecule has 9 heteroatoms. The number of carboxylic acid groups (broad SMARTS) is 1. The maximum absolute atomic E-state index is 11.8. The molecule has 2 atom stereocenters. The Morgan fingerprint density at radius 3 is 2.48 bits per heavy atom. The van der Waals surface area contributed by atoms with Gasteiger partial charge in [-0.05, 0) is 18.4 Å². The number of amides is 3. The summed E-state index contributed by atoms with van der Waals surface area (Å²) < 4.78 is 0. The molecule has 2 unspecified atom stereocenters. The molecular formula is C12H15N3O5S. The lowest BCUT2D eigenvalue weighted by atomic mass is 10.2. The van der Waals surface area contributed by atoms with E-state index < -0.39 is 42.2 Å². The van der Waals surface area contributed by atoms with Crippen molar-refractivity contribution in [2.24, 2.45) is 5.73 Å². The first-order valence-corrected chi connectivity index (χ1v) is 6.85. The SMILES string of the molecule is CC(NC(=O)c1cccs1)C(=O)NC(CC(N)=O)C(=O)O. The normalized spacial score (nSPS) is 13.0. The molecule has 1 aromatic heterocycles. The summed E-state index contributed by atoms with van der Waals surface area (Å²) in [6.07, 6.45) is -0.521. The van der Waals surface area contributed by atoms with Crippen molar-refractivity contribution in [1.82, 2.24) is 10.6 Å². The Balaban J connectivity index is 2.59. The van der Waals surface area contributed by atoms with Gasteiger partial charge in [-0.25, -0.2) is 4.79 Å². The molecule has 1 rings (SSSR count). The van der Waals surface area contributed by atoms with Crippen LogP contribution in [0.1, 0.15) is 23.0 Å². The average Bonchev–Trinajstić information content (AvgIpc) is 2.90. The van der Waals surface area contributed by atoms with E-state index in [9.17, 15) is 19.2 Å². The lowest BCUT2D eigenvalue weighted by Gasteiger charge is -2.17. The van der Waals surface area contributed by atoms with Gasteiger partial charge in [0.1, 0.15) is 12.1 Å². The van der Waals surface area contributed by atoms with Crippen molar-refractivity contribution in [1.29, 1.82) is 0 Å². The van der Waals surface area contributed by atoms with E-state index in [1.54, 1.807) is 17.5 Å². The van der Waals surface area contributed by atoms with Crippen molar-refractivity contribution in [2.75, 3.05) is 0 Å². The molecule has 3 amide bonds. The molecule has 8 nitrogen and oxygen atoms in total. The molecule has 0 saturated carbocycles. The minimum atomic E-state index is -1.42. The Hall–Kier alpha value is -2.42. The van der Waals surface area contributed by atoms with E-state index in [0.717, 1.165) is 0 Å². The molecule has 0 bridgehead atoms. The van der Waals surface area contributed by atoms with Crippen molar-refractivity contribution in [3.63, 3.8) is 0 Å². The molecular weight excluding hydrogens is 298 g/mol. The molecule has 1 heterocycles. The quantitative estimate of drug-likeness (QED) is 0.528. The highest BCUT2D eigenvalue weighted by Crippen LogP contribution is 2.08. The van der Waals surface area contributed by atoms with Crippen LogP contribution in [0.15, 0.2) is 17.5 Å². The van der Waals surface area contributed by atoms with Gasteiger partial charge in [0.05, 0.1) is 11.3 Å². The Morgan fingerprint density at radius 2 is 2.00 bits per heavy atom. The number of hydrogen-bond donors (Lipinski definition) is 4. The number of nitrogens with one attached hydrogen (secondary N) is 2. The molecule has 0 aliphatic carbocycles. The van der Waals surface area contributed by atoms with Crippen LogP contribution in [0.2, 0.25) is 0 Å². The second-order valence-electron chi connectivity index (χ2n) is 4.24. The van der Waals surface area contributed by atoms with E-state index in [4.69, 9.17) is 10.8 Å². The molecule has 5 N–H and O–H groups in total. The van der Waals surface area contributed by atoms with E-state index in [1.165, 1.54) is 18.3 Å². The second-order valence-corrected chi connectivity index (χ2v) is 5.19. The molecule has 0 radical (unpaired) electrons. The van der Waals surface area contributed by atoms with E-state index in [1.807, 2.05) is 0 Å². The monoisotopic (exact) mass is 313 g/mol. The number of thiophene rings is 1. The number of hydrogen-bond acceptors (Lipinski definition) is 5. The number of carboxylic acids is 1. The minimum absolute atomic E-state index is 0.432. The van der Waals surface area contributed by atoms with Gasteiger partial charge >= 0.3 is 5.97 Å². The topological polar surface area (TPSA) is 139 Å². The Bertz CT molecular complexity index is 543. The van der Waals surface area contributed by atoms with Crippen LogP contribution in [0.25, 0.3) is 0 Å². The highest BCUT2D eigenvalue weighted by molar-refractivity contribution is 7.12. The van der Waals surface area contributed by atoms with Crippen LogP contribution in [0, 0.1) is 0 Å². The van der Waals surface area contributed by atoms with Gasteiger partial charge in [-0.2, -0.15) is 0 Å². The Morgan fingerprint density at radius 1 is 1.33 bits per heavy atom. The fourth-order valence-corrected chi connectivity index (χ4v) is 2.07. The number of primary amides is 1. The third-order valence-electron chi connectivity index (χ3n) is 2.51. The summed E-state index contributed by atoms with van der Waals surface area (Å²) in [5, 5.41) is 15.2. The average molecular weight is 313 g/mol. The predicted molar refractivity (Wildman–Crippen MR) is 74.6 cm³/mol. The van der Waals surface area contributed by atoms with Gasteiger partial charge in [-0.15, -0.1) is 11.3 Å². The summed E-state index contributed by atoms with van der Waals surface area (Å²) in [6.45, 7) is 1.41. The van der Waals surface area contributed by atoms with Crippen LogP contribution in [-0.4, -0.2) is 40.9 Å². The van der Waals surface area contributed by atoms with Crippen molar-refractivity contribution in [2.45, 2.75) is 25.4 Å². The molecule has 1 aromatic rings. The van der Waals surface area contributed by atoms with Crippen LogP contribution < -0.4 is 16.4 Å². The first kappa shape index (κ1) is 16.6. The molecule has 0 aliphatic rings. The molecule has 114 valence electrons. The number of carbonyl (C=O) groups excluding carboxylic acids is 3. The number of aliphatic carboxylic acids is 1. The minimum Gasteiger partial charge on any atom is -0.480 e. The molecule has 0 saturated heterocycles. The van der Waals surface area contributed by atoms with Crippen LogP contribution in [0.4, 0.5) is 0 Å². The van der Waals surface area contributed by atoms with Gasteiger partial charge in [-0.3, -0.25) is 14.4 Å². The van der Waals surface area contributed by atoms with Gasteiger partial charge in [0.2, 0.25) is 11.8 Å². The smallest absolute Gasteiger partial charge is 0.326 e. The fraction of sp³-hybridized carbons (Fsp3) is 0.333. The highest BCUT2D eigenvalue weighted by Gasteiger charge is 2.25. The molecule has 0 aliphatic heterocycles. The molecule has 0 aromatic carbocycles. The van der Waals surface area contributed by atoms with Crippen molar-refractivity contribution >= 4 is 35.0 Å². The van der Waals surface area contributed by atoms with E-state index in [-0.39, 0.29) is 0 Å². The van der Waals surface area contributed by atoms with E-state index >= 15 is 0 Å². The van der Waals surface area contributed by atoms with Gasteiger partial charge in [0, 0.05) is 0 Å². The summed E-state index contributed by atoms with van der Waals surface area (Å²) in [5.41, 5.74) is 4.91. The highest BCUT2D eigenvalue weighted by atomic mass is 32.1. The zero-order chi connectivity index (χ0) is 16.0. The largest absolute Gasteiger partial charge is 0.480 e. The van der Waals surface area contributed by atoms with E-state index in [0.29, 0.717) is 4.88 Å².